The number of ketones is 1. The number of hydrogen-bond donors (Lipinski definition) is 5. The van der Waals surface area contributed by atoms with Gasteiger partial charge in [0.25, 0.3) is 0 Å². The highest BCUT2D eigenvalue weighted by molar-refractivity contribution is 6.15. The van der Waals surface area contributed by atoms with Gasteiger partial charge in [0.1, 0.15) is 0 Å². The van der Waals surface area contributed by atoms with Crippen LogP contribution in [0.5, 0.6) is 0 Å². The Morgan fingerprint density at radius 3 is 2.40 bits per heavy atom. The molecule has 0 fully saturated rings. The smallest absolute Gasteiger partial charge is 0.331 e. The Labute approximate surface area is 116 Å². The first kappa shape index (κ1) is 15.6. The van der Waals surface area contributed by atoms with Crippen LogP contribution in [-0.4, -0.2) is 34.9 Å². The molecule has 1 unspecified atom stereocenters. The molecular formula is C13H18N4O3. The Kier molecular flexibility index (Phi) is 5.22. The van der Waals surface area contributed by atoms with E-state index in [1.165, 1.54) is 12.1 Å². The van der Waals surface area contributed by atoms with Crippen molar-refractivity contribution >= 4 is 17.7 Å². The van der Waals surface area contributed by atoms with Gasteiger partial charge in [-0.1, -0.05) is 30.3 Å². The Balaban J connectivity index is 2.79. The summed E-state index contributed by atoms with van der Waals surface area (Å²) in [7, 11) is 0. The summed E-state index contributed by atoms with van der Waals surface area (Å²) in [4.78, 5) is 23.6. The molecule has 1 aromatic carbocycles. The van der Waals surface area contributed by atoms with E-state index in [-0.39, 0.29) is 24.5 Å². The predicted octanol–water partition coefficient (Wildman–Crippen LogP) is -0.0853. The van der Waals surface area contributed by atoms with Crippen LogP contribution in [0.15, 0.2) is 30.3 Å². The molecule has 0 saturated heterocycles. The summed E-state index contributed by atoms with van der Waals surface area (Å²) in [5, 5.41) is 18.8. The van der Waals surface area contributed by atoms with Crippen LogP contribution in [0.4, 0.5) is 0 Å². The van der Waals surface area contributed by atoms with E-state index in [1.54, 1.807) is 18.2 Å². The molecular weight excluding hydrogens is 260 g/mol. The number of guanidine groups is 1. The molecule has 7 heteroatoms. The monoisotopic (exact) mass is 278 g/mol. The normalized spacial score (nSPS) is 13.2. The highest BCUT2D eigenvalue weighted by atomic mass is 16.4. The van der Waals surface area contributed by atoms with Gasteiger partial charge >= 0.3 is 5.97 Å². The highest BCUT2D eigenvalue weighted by Gasteiger charge is 2.41. The Morgan fingerprint density at radius 2 is 1.90 bits per heavy atom. The molecule has 108 valence electrons. The van der Waals surface area contributed by atoms with Crippen molar-refractivity contribution in [2.75, 3.05) is 6.54 Å². The zero-order valence-electron chi connectivity index (χ0n) is 10.9. The van der Waals surface area contributed by atoms with Crippen molar-refractivity contribution in [3.8, 4) is 0 Å². The molecule has 1 aromatic rings. The first-order valence-corrected chi connectivity index (χ1v) is 6.08. The molecule has 7 N–H and O–H groups in total. The summed E-state index contributed by atoms with van der Waals surface area (Å²) < 4.78 is 0. The quantitative estimate of drug-likeness (QED) is 0.155. The summed E-state index contributed by atoms with van der Waals surface area (Å²) >= 11 is 0. The van der Waals surface area contributed by atoms with Crippen LogP contribution in [0.2, 0.25) is 0 Å². The van der Waals surface area contributed by atoms with E-state index in [9.17, 15) is 14.7 Å². The Bertz CT molecular complexity index is 504. The van der Waals surface area contributed by atoms with Gasteiger partial charge in [0.05, 0.1) is 0 Å². The minimum atomic E-state index is -1.97. The molecule has 0 bridgehead atoms. The molecule has 20 heavy (non-hydrogen) atoms. The zero-order valence-corrected chi connectivity index (χ0v) is 10.9. The zero-order chi connectivity index (χ0) is 15.2. The SMILES string of the molecule is N=C(N)NCCCC(N)(C(=O)O)C(=O)c1ccccc1. The molecule has 0 aliphatic rings. The number of rotatable bonds is 7. The minimum Gasteiger partial charge on any atom is -0.480 e. The molecule has 0 aliphatic heterocycles. The summed E-state index contributed by atoms with van der Waals surface area (Å²) in [6.07, 6.45) is 0.261. The van der Waals surface area contributed by atoms with E-state index in [1.807, 2.05) is 0 Å². The maximum absolute atomic E-state index is 12.2. The van der Waals surface area contributed by atoms with Gasteiger partial charge in [-0.25, -0.2) is 4.79 Å². The number of carboxylic acids is 1. The van der Waals surface area contributed by atoms with E-state index in [4.69, 9.17) is 16.9 Å². The predicted molar refractivity (Wildman–Crippen MR) is 74.5 cm³/mol. The lowest BCUT2D eigenvalue weighted by Crippen LogP contribution is -2.55. The second kappa shape index (κ2) is 6.67. The number of carboxylic acid groups (broad SMARTS) is 1. The topological polar surface area (TPSA) is 142 Å². The maximum Gasteiger partial charge on any atom is 0.331 e. The van der Waals surface area contributed by atoms with E-state index in [0.29, 0.717) is 6.42 Å². The largest absolute Gasteiger partial charge is 0.480 e. The average Bonchev–Trinajstić information content (AvgIpc) is 2.43. The lowest BCUT2D eigenvalue weighted by Gasteiger charge is -2.23. The molecule has 0 heterocycles. The van der Waals surface area contributed by atoms with Gasteiger partial charge in [-0.05, 0) is 12.8 Å². The summed E-state index contributed by atoms with van der Waals surface area (Å²) in [5.41, 5.74) is 9.17. The fourth-order valence-electron chi connectivity index (χ4n) is 1.75. The third kappa shape index (κ3) is 3.79. The third-order valence-corrected chi connectivity index (χ3v) is 2.89. The van der Waals surface area contributed by atoms with Crippen molar-refractivity contribution in [2.24, 2.45) is 11.5 Å². The van der Waals surface area contributed by atoms with Gasteiger partial charge in [-0.2, -0.15) is 0 Å². The molecule has 0 saturated carbocycles. The second-order valence-corrected chi connectivity index (χ2v) is 4.42. The third-order valence-electron chi connectivity index (χ3n) is 2.89. The maximum atomic E-state index is 12.2. The minimum absolute atomic E-state index is 0.0453. The molecule has 7 nitrogen and oxygen atoms in total. The van der Waals surface area contributed by atoms with Crippen LogP contribution in [0.1, 0.15) is 23.2 Å². The molecule has 0 aromatic heterocycles. The van der Waals surface area contributed by atoms with Crippen molar-refractivity contribution in [3.05, 3.63) is 35.9 Å². The molecule has 0 spiro atoms. The van der Waals surface area contributed by atoms with Crippen molar-refractivity contribution in [3.63, 3.8) is 0 Å². The number of benzene rings is 1. The number of hydrogen-bond acceptors (Lipinski definition) is 4. The van der Waals surface area contributed by atoms with Gasteiger partial charge in [-0.15, -0.1) is 0 Å². The first-order valence-electron chi connectivity index (χ1n) is 6.08. The standard InChI is InChI=1S/C13H18N4O3/c14-12(15)17-8-4-7-13(16,11(19)20)10(18)9-5-2-1-3-6-9/h1-3,5-6H,4,7-8,16H2,(H,19,20)(H4,14,15,17). The molecule has 0 radical (unpaired) electrons. The van der Waals surface area contributed by atoms with E-state index < -0.39 is 17.3 Å². The summed E-state index contributed by atoms with van der Waals surface area (Å²) in [6, 6.07) is 8.08. The van der Waals surface area contributed by atoms with Crippen molar-refractivity contribution in [2.45, 2.75) is 18.4 Å². The fourth-order valence-corrected chi connectivity index (χ4v) is 1.75. The molecule has 1 atom stereocenters. The van der Waals surface area contributed by atoms with E-state index in [0.717, 1.165) is 0 Å². The van der Waals surface area contributed by atoms with Crippen molar-refractivity contribution < 1.29 is 14.7 Å². The van der Waals surface area contributed by atoms with Gasteiger partial charge in [0.2, 0.25) is 0 Å². The van der Waals surface area contributed by atoms with Gasteiger partial charge in [-0.3, -0.25) is 10.2 Å². The van der Waals surface area contributed by atoms with Crippen molar-refractivity contribution in [1.29, 1.82) is 5.41 Å². The molecule has 1 rings (SSSR count). The Hall–Kier alpha value is -2.41. The Morgan fingerprint density at radius 1 is 1.30 bits per heavy atom. The summed E-state index contributed by atoms with van der Waals surface area (Å²) in [5.74, 6) is -2.21. The number of aliphatic carboxylic acids is 1. The number of nitrogens with two attached hydrogens (primary N) is 2. The van der Waals surface area contributed by atoms with Crippen LogP contribution in [0.3, 0.4) is 0 Å². The van der Waals surface area contributed by atoms with Crippen LogP contribution >= 0.6 is 0 Å². The fraction of sp³-hybridized carbons (Fsp3) is 0.308. The number of carbonyl (C=O) groups excluding carboxylic acids is 1. The highest BCUT2D eigenvalue weighted by Crippen LogP contribution is 2.17. The average molecular weight is 278 g/mol. The van der Waals surface area contributed by atoms with E-state index >= 15 is 0 Å². The van der Waals surface area contributed by atoms with Crippen LogP contribution in [-0.2, 0) is 4.79 Å². The second-order valence-electron chi connectivity index (χ2n) is 4.42. The van der Waals surface area contributed by atoms with Gasteiger partial charge in [0, 0.05) is 12.1 Å². The molecule has 0 aliphatic carbocycles. The van der Waals surface area contributed by atoms with E-state index in [2.05, 4.69) is 5.32 Å². The first-order chi connectivity index (χ1) is 9.38. The van der Waals surface area contributed by atoms with Crippen LogP contribution in [0.25, 0.3) is 0 Å². The lowest BCUT2D eigenvalue weighted by molar-refractivity contribution is -0.141. The molecule has 0 amide bonds. The summed E-state index contributed by atoms with van der Waals surface area (Å²) in [6.45, 7) is 0.281. The van der Waals surface area contributed by atoms with Crippen LogP contribution < -0.4 is 16.8 Å². The van der Waals surface area contributed by atoms with Gasteiger partial charge in [0.15, 0.2) is 17.3 Å². The number of Topliss-reactive ketones (excluding diaryl/α,β-unsaturated/α-hetero) is 1. The number of carbonyl (C=O) groups is 2. The van der Waals surface area contributed by atoms with Crippen molar-refractivity contribution in [1.82, 2.24) is 5.32 Å². The van der Waals surface area contributed by atoms with Crippen LogP contribution in [0, 0.1) is 5.41 Å². The lowest BCUT2D eigenvalue weighted by atomic mass is 9.86. The van der Waals surface area contributed by atoms with Gasteiger partial charge < -0.3 is 21.9 Å². The number of nitrogens with one attached hydrogen (secondary N) is 2.